The number of rotatable bonds is 25. The molecule has 10 rings (SSSR count). The Balaban J connectivity index is 0.000000247. The van der Waals surface area contributed by atoms with Crippen molar-refractivity contribution in [3.05, 3.63) is 213 Å². The molecule has 20 heteroatoms. The molecule has 0 aliphatic heterocycles. The van der Waals surface area contributed by atoms with E-state index in [1.165, 1.54) is 33.1 Å². The lowest BCUT2D eigenvalue weighted by Crippen LogP contribution is -2.31. The maximum atomic E-state index is 14.6. The average molecular weight is 1320 g/mol. The van der Waals surface area contributed by atoms with Gasteiger partial charge >= 0.3 is 11.9 Å². The highest BCUT2D eigenvalue weighted by Gasteiger charge is 2.30. The molecule has 0 spiro atoms. The van der Waals surface area contributed by atoms with Crippen LogP contribution in [0.2, 0.25) is 0 Å². The van der Waals surface area contributed by atoms with Gasteiger partial charge in [-0.05, 0) is 237 Å². The maximum Gasteiger partial charge on any atom is 0.310 e. The molecule has 2 aromatic heterocycles. The lowest BCUT2D eigenvalue weighted by Gasteiger charge is -2.25. The molecule has 0 saturated carbocycles. The molecule has 94 heavy (non-hydrogen) atoms. The predicted octanol–water partition coefficient (Wildman–Crippen LogP) is 11.7. The summed E-state index contributed by atoms with van der Waals surface area (Å²) in [4.78, 5) is 33.4. The molecule has 8 aromatic rings. The fraction of sp³-hybridized carbons (Fsp3) is 0.351. The molecule has 0 amide bonds. The molecule has 5 N–H and O–H groups in total. The van der Waals surface area contributed by atoms with E-state index >= 15 is 0 Å². The van der Waals surface area contributed by atoms with Crippen LogP contribution in [0, 0.1) is 0 Å². The number of hydrogen-bond acceptors (Lipinski definition) is 15. The number of sulfonamides is 2. The third kappa shape index (κ3) is 18.2. The zero-order valence-electron chi connectivity index (χ0n) is 54.8. The lowest BCUT2D eigenvalue weighted by molar-refractivity contribution is -0.154. The second-order valence-corrected chi connectivity index (χ2v) is 29.3. The Bertz CT molecular complexity index is 4220. The molecule has 2 heterocycles. The largest absolute Gasteiger partial charge is 0.497 e. The Morgan fingerprint density at radius 3 is 1.39 bits per heavy atom. The van der Waals surface area contributed by atoms with Crippen molar-refractivity contribution >= 4 is 32.0 Å². The van der Waals surface area contributed by atoms with Crippen molar-refractivity contribution in [1.29, 1.82) is 0 Å². The molecule has 0 radical (unpaired) electrons. The maximum absolute atomic E-state index is 14.6. The van der Waals surface area contributed by atoms with Crippen molar-refractivity contribution in [1.82, 2.24) is 14.3 Å². The molecule has 0 unspecified atom stereocenters. The number of carbonyl (C=O) groups excluding carboxylic acids is 1. The van der Waals surface area contributed by atoms with Gasteiger partial charge in [-0.15, -0.1) is 0 Å². The number of aromatic nitrogens is 2. The number of ether oxygens (including phenoxy) is 5. The van der Waals surface area contributed by atoms with Gasteiger partial charge < -0.3 is 39.0 Å². The van der Waals surface area contributed by atoms with E-state index < -0.39 is 42.8 Å². The molecule has 6 aromatic carbocycles. The molecular formula is C74H84N4O14S2. The summed E-state index contributed by atoms with van der Waals surface area (Å²) in [7, 11) is -4.88. The first-order valence-electron chi connectivity index (χ1n) is 31.4. The summed E-state index contributed by atoms with van der Waals surface area (Å²) in [5.41, 5.74) is 10.8. The van der Waals surface area contributed by atoms with Crippen LogP contribution < -0.4 is 24.1 Å². The summed E-state index contributed by atoms with van der Waals surface area (Å²) in [6.45, 7) is 12.7. The van der Waals surface area contributed by atoms with Crippen molar-refractivity contribution in [2.75, 3.05) is 27.4 Å². The molecule has 0 saturated heterocycles. The minimum Gasteiger partial charge on any atom is -0.497 e. The summed E-state index contributed by atoms with van der Waals surface area (Å²) in [6.07, 6.45) is 9.98. The summed E-state index contributed by atoms with van der Waals surface area (Å²) >= 11 is 0. The highest BCUT2D eigenvalue weighted by Crippen LogP contribution is 2.38. The fourth-order valence-corrected chi connectivity index (χ4v) is 14.0. The first kappa shape index (κ1) is 69.8. The third-order valence-corrected chi connectivity index (χ3v) is 19.3. The topological polar surface area (TPSA) is 264 Å². The molecular weight excluding hydrogens is 1230 g/mol. The number of pyridine rings is 2. The van der Waals surface area contributed by atoms with Gasteiger partial charge in [0.15, 0.2) is 0 Å². The van der Waals surface area contributed by atoms with Crippen molar-refractivity contribution in [2.24, 2.45) is 5.14 Å². The number of carbonyl (C=O) groups is 2. The zero-order chi connectivity index (χ0) is 67.8. The minimum atomic E-state index is -4.10. The fourth-order valence-electron chi connectivity index (χ4n) is 11.8. The van der Waals surface area contributed by atoms with Gasteiger partial charge in [-0.2, -0.15) is 4.31 Å². The van der Waals surface area contributed by atoms with E-state index in [4.69, 9.17) is 28.8 Å². The first-order valence-corrected chi connectivity index (χ1v) is 34.3. The predicted molar refractivity (Wildman–Crippen MR) is 360 cm³/mol. The standard InChI is InChI=1S/C47H54N2O8S.C27H30N2O6S/c1-46(2,3)57-45(50)29-43-41-10-8-9-35(41)15-20-42(43)36-21-23-48-44(27-36)56-24-22-34-25-37(47(4,5)51)28-40(26-34)58(52,53)49(30-32-11-16-38(54-6)17-12-32)31-33-13-18-39(55-7)19-14-33;1-27(2,32)20-12-17(13-21(15-20)36(28,33)34)9-11-35-25-14-19(8-10-29-25)23-7-6-18-4-3-5-22(18)24(23)16-26(30)31/h11-21,23,25-28,51H,8-10,22,24,29-31H2,1-7H3;6-8,10,12-15,32H,3-5,9,11,16H2,1-2H3,(H,30,31)(H2,28,33,34). The van der Waals surface area contributed by atoms with E-state index in [2.05, 4.69) is 28.2 Å². The number of benzene rings is 6. The van der Waals surface area contributed by atoms with Gasteiger partial charge in [0.05, 0.1) is 61.3 Å². The van der Waals surface area contributed by atoms with E-state index in [0.717, 1.165) is 88.6 Å². The zero-order valence-corrected chi connectivity index (χ0v) is 56.5. The normalized spacial score (nSPS) is 13.2. The van der Waals surface area contributed by atoms with Crippen molar-refractivity contribution in [3.8, 4) is 45.5 Å². The number of carboxylic acid groups (broad SMARTS) is 1. The molecule has 0 fully saturated rings. The second-order valence-electron chi connectivity index (χ2n) is 25.8. The van der Waals surface area contributed by atoms with Gasteiger partial charge in [0.2, 0.25) is 31.8 Å². The average Bonchev–Trinajstić information content (AvgIpc) is 1.29. The number of carboxylic acids is 1. The van der Waals surface area contributed by atoms with Crippen LogP contribution in [-0.4, -0.2) is 91.4 Å². The van der Waals surface area contributed by atoms with Crippen molar-refractivity contribution < 1.29 is 65.4 Å². The van der Waals surface area contributed by atoms with Gasteiger partial charge in [0.25, 0.3) is 0 Å². The number of aryl methyl sites for hydroxylation is 2. The highest BCUT2D eigenvalue weighted by molar-refractivity contribution is 7.89. The van der Waals surface area contributed by atoms with E-state index in [-0.39, 0.29) is 54.9 Å². The number of hydrogen-bond donors (Lipinski definition) is 4. The van der Waals surface area contributed by atoms with Crippen molar-refractivity contribution in [3.63, 3.8) is 0 Å². The van der Waals surface area contributed by atoms with Gasteiger partial charge in [0.1, 0.15) is 17.1 Å². The van der Waals surface area contributed by atoms with Crippen LogP contribution in [0.4, 0.5) is 0 Å². The molecule has 2 aliphatic rings. The Hall–Kier alpha value is -8.50. The first-order chi connectivity index (χ1) is 44.4. The SMILES string of the molecule is CC(C)(O)c1cc(CCOc2cc(-c3ccc4c(c3CC(=O)O)CCC4)ccn2)cc(S(N)(=O)=O)c1.COc1ccc(CN(Cc2ccc(OC)cc2)S(=O)(=O)c2cc(CCOc3cc(-c4ccc5c(c4CC(=O)OC(C)(C)C)CCC5)ccn3)cc(C(C)(C)O)c2)cc1. The van der Waals surface area contributed by atoms with Crippen LogP contribution in [0.1, 0.15) is 128 Å². The highest BCUT2D eigenvalue weighted by atomic mass is 32.2. The monoisotopic (exact) mass is 1320 g/mol. The molecule has 0 bridgehead atoms. The van der Waals surface area contributed by atoms with Crippen LogP contribution in [0.5, 0.6) is 23.3 Å². The van der Waals surface area contributed by atoms with Gasteiger partial charge in [0, 0.05) is 50.5 Å². The minimum absolute atomic E-state index is 0.0407. The Kier molecular flexibility index (Phi) is 21.9. The van der Waals surface area contributed by atoms with Gasteiger partial charge in [-0.1, -0.05) is 60.7 Å². The number of nitrogens with two attached hydrogens (primary N) is 1. The smallest absolute Gasteiger partial charge is 0.310 e. The molecule has 496 valence electrons. The number of esters is 1. The number of fused-ring (bicyclic) bond motifs is 2. The van der Waals surface area contributed by atoms with Crippen LogP contribution in [0.25, 0.3) is 22.3 Å². The Morgan fingerprint density at radius 1 is 0.543 bits per heavy atom. The van der Waals surface area contributed by atoms with Crippen LogP contribution in [0.3, 0.4) is 0 Å². The summed E-state index contributed by atoms with van der Waals surface area (Å²) in [6, 6.07) is 39.9. The van der Waals surface area contributed by atoms with Crippen LogP contribution in [0.15, 0.2) is 156 Å². The van der Waals surface area contributed by atoms with E-state index in [1.807, 2.05) is 75.4 Å². The van der Waals surface area contributed by atoms with Crippen LogP contribution >= 0.6 is 0 Å². The summed E-state index contributed by atoms with van der Waals surface area (Å²) < 4.78 is 83.0. The van der Waals surface area contributed by atoms with E-state index in [1.54, 1.807) is 103 Å². The number of methoxy groups -OCH3 is 2. The second kappa shape index (κ2) is 29.4. The molecule has 2 aliphatic carbocycles. The van der Waals surface area contributed by atoms with Gasteiger partial charge in [-0.3, -0.25) is 9.59 Å². The molecule has 0 atom stereocenters. The Labute approximate surface area is 551 Å². The number of aliphatic hydroxyl groups is 2. The van der Waals surface area contributed by atoms with E-state index in [0.29, 0.717) is 58.4 Å². The quantitative estimate of drug-likeness (QED) is 0.0388. The summed E-state index contributed by atoms with van der Waals surface area (Å²) in [5.74, 6) is 0.989. The molecule has 18 nitrogen and oxygen atoms in total. The Morgan fingerprint density at radius 2 is 0.979 bits per heavy atom. The van der Waals surface area contributed by atoms with Gasteiger partial charge in [-0.25, -0.2) is 31.9 Å². The summed E-state index contributed by atoms with van der Waals surface area (Å²) in [5, 5.41) is 36.3. The number of nitrogens with zero attached hydrogens (tertiary/aromatic N) is 3. The van der Waals surface area contributed by atoms with Crippen LogP contribution in [-0.2, 0) is 110 Å². The van der Waals surface area contributed by atoms with Crippen molar-refractivity contribution in [2.45, 2.75) is 152 Å². The number of aliphatic carboxylic acids is 1. The third-order valence-electron chi connectivity index (χ3n) is 16.6. The van der Waals surface area contributed by atoms with E-state index in [9.17, 15) is 41.7 Å². The lowest BCUT2D eigenvalue weighted by atomic mass is 9.91. The number of primary sulfonamides is 1.